The van der Waals surface area contributed by atoms with Gasteiger partial charge >= 0.3 is 6.18 Å². The number of benzene rings is 1. The molecule has 0 radical (unpaired) electrons. The van der Waals surface area contributed by atoms with E-state index in [1.165, 1.54) is 7.11 Å². The van der Waals surface area contributed by atoms with Crippen molar-refractivity contribution in [2.24, 2.45) is 0 Å². The Morgan fingerprint density at radius 1 is 1.47 bits per heavy atom. The number of anilines is 1. The van der Waals surface area contributed by atoms with Crippen molar-refractivity contribution in [1.29, 1.82) is 0 Å². The molecule has 0 fully saturated rings. The molecule has 0 saturated heterocycles. The highest BCUT2D eigenvalue weighted by Gasteiger charge is 2.31. The molecule has 2 N–H and O–H groups in total. The maximum atomic E-state index is 12.4. The predicted octanol–water partition coefficient (Wildman–Crippen LogP) is 1.64. The molecule has 0 aliphatic heterocycles. The zero-order chi connectivity index (χ0) is 13.1. The van der Waals surface area contributed by atoms with Crippen LogP contribution in [0, 0.1) is 0 Å². The number of methoxy groups -OCH3 is 1. The summed E-state index contributed by atoms with van der Waals surface area (Å²) in [6, 6.07) is 2.68. The van der Waals surface area contributed by atoms with Gasteiger partial charge in [0, 0.05) is 0 Å². The van der Waals surface area contributed by atoms with Crippen molar-refractivity contribution in [2.45, 2.75) is 6.18 Å². The maximum Gasteiger partial charge on any atom is 0.416 e. The second kappa shape index (κ2) is 5.05. The third-order valence-corrected chi connectivity index (χ3v) is 1.94. The molecule has 4 nitrogen and oxygen atoms in total. The van der Waals surface area contributed by atoms with Crippen LogP contribution in [0.5, 0.6) is 5.75 Å². The summed E-state index contributed by atoms with van der Waals surface area (Å²) in [4.78, 5) is 10.9. The molecule has 0 saturated carbocycles. The molecule has 17 heavy (non-hydrogen) atoms. The Morgan fingerprint density at radius 3 is 2.59 bits per heavy atom. The Hall–Kier alpha value is -1.76. The number of ether oxygens (including phenoxy) is 1. The van der Waals surface area contributed by atoms with Crippen LogP contribution in [0.25, 0.3) is 0 Å². The fourth-order valence-corrected chi connectivity index (χ4v) is 1.17. The highest BCUT2D eigenvalue weighted by Crippen LogP contribution is 2.34. The lowest BCUT2D eigenvalue weighted by Crippen LogP contribution is -2.17. The zero-order valence-corrected chi connectivity index (χ0v) is 8.84. The number of rotatable bonds is 3. The lowest BCUT2D eigenvalue weighted by Gasteiger charge is -2.13. The van der Waals surface area contributed by atoms with Crippen LogP contribution in [0.15, 0.2) is 18.2 Å². The Labute approximate surface area is 95.0 Å². The SMILES string of the molecule is COc1ccc(C(F)(F)F)cc1NC(=O)CO. The van der Waals surface area contributed by atoms with Crippen LogP contribution in [-0.4, -0.2) is 24.7 Å². The van der Waals surface area contributed by atoms with Crippen molar-refractivity contribution >= 4 is 11.6 Å². The van der Waals surface area contributed by atoms with Gasteiger partial charge in [-0.05, 0) is 18.2 Å². The maximum absolute atomic E-state index is 12.4. The fraction of sp³-hybridized carbons (Fsp3) is 0.300. The standard InChI is InChI=1S/C10H10F3NO3/c1-17-8-3-2-6(10(11,12)13)4-7(8)14-9(16)5-15/h2-4,15H,5H2,1H3,(H,14,16). The molecule has 1 rings (SSSR count). The Balaban J connectivity index is 3.11. The quantitative estimate of drug-likeness (QED) is 0.856. The van der Waals surface area contributed by atoms with Gasteiger partial charge in [-0.1, -0.05) is 0 Å². The third-order valence-electron chi connectivity index (χ3n) is 1.94. The predicted molar refractivity (Wildman–Crippen MR) is 53.7 cm³/mol. The molecule has 0 unspecified atom stereocenters. The third kappa shape index (κ3) is 3.35. The Morgan fingerprint density at radius 2 is 2.12 bits per heavy atom. The first kappa shape index (κ1) is 13.3. The number of alkyl halides is 3. The van der Waals surface area contributed by atoms with Crippen LogP contribution in [0.2, 0.25) is 0 Å². The molecule has 0 aliphatic carbocycles. The summed E-state index contributed by atoms with van der Waals surface area (Å²) in [5.74, 6) is -0.734. The largest absolute Gasteiger partial charge is 0.495 e. The van der Waals surface area contributed by atoms with Crippen molar-refractivity contribution in [3.63, 3.8) is 0 Å². The van der Waals surface area contributed by atoms with E-state index in [1.54, 1.807) is 0 Å². The smallest absolute Gasteiger partial charge is 0.416 e. The van der Waals surface area contributed by atoms with E-state index >= 15 is 0 Å². The molecular formula is C10H10F3NO3. The van der Waals surface area contributed by atoms with E-state index in [0.717, 1.165) is 18.2 Å². The molecule has 7 heteroatoms. The van der Waals surface area contributed by atoms with Crippen molar-refractivity contribution in [2.75, 3.05) is 19.0 Å². The van der Waals surface area contributed by atoms with Gasteiger partial charge in [0.1, 0.15) is 12.4 Å². The van der Waals surface area contributed by atoms with Gasteiger partial charge in [-0.2, -0.15) is 13.2 Å². The van der Waals surface area contributed by atoms with E-state index in [0.29, 0.717) is 0 Å². The highest BCUT2D eigenvalue weighted by atomic mass is 19.4. The van der Waals surface area contributed by atoms with E-state index < -0.39 is 24.3 Å². The molecule has 0 heterocycles. The minimum atomic E-state index is -4.51. The van der Waals surface area contributed by atoms with Crippen LogP contribution in [0.1, 0.15) is 5.56 Å². The van der Waals surface area contributed by atoms with E-state index in [1.807, 2.05) is 0 Å². The molecular weight excluding hydrogens is 239 g/mol. The van der Waals surface area contributed by atoms with Crippen molar-refractivity contribution in [3.8, 4) is 5.75 Å². The zero-order valence-electron chi connectivity index (χ0n) is 8.84. The first-order chi connectivity index (χ1) is 7.88. The van der Waals surface area contributed by atoms with Gasteiger partial charge in [0.05, 0.1) is 18.4 Å². The number of halogens is 3. The average molecular weight is 249 g/mol. The van der Waals surface area contributed by atoms with Crippen molar-refractivity contribution in [1.82, 2.24) is 0 Å². The van der Waals surface area contributed by atoms with E-state index in [9.17, 15) is 18.0 Å². The number of hydrogen-bond acceptors (Lipinski definition) is 3. The monoisotopic (exact) mass is 249 g/mol. The van der Waals surface area contributed by atoms with Crippen molar-refractivity contribution < 1.29 is 27.8 Å². The number of nitrogens with one attached hydrogen (secondary N) is 1. The minimum absolute atomic E-state index is 0.0831. The number of carbonyl (C=O) groups is 1. The summed E-state index contributed by atoms with van der Waals surface area (Å²) in [5.41, 5.74) is -1.05. The Bertz CT molecular complexity index is 418. The summed E-state index contributed by atoms with van der Waals surface area (Å²) in [6.45, 7) is -0.820. The van der Waals surface area contributed by atoms with Crippen LogP contribution < -0.4 is 10.1 Å². The van der Waals surface area contributed by atoms with Gasteiger partial charge < -0.3 is 15.2 Å². The van der Waals surface area contributed by atoms with Gasteiger partial charge in [0.15, 0.2) is 0 Å². The van der Waals surface area contributed by atoms with Crippen LogP contribution in [-0.2, 0) is 11.0 Å². The molecule has 1 amide bonds. The number of aliphatic hydroxyl groups excluding tert-OH is 1. The van der Waals surface area contributed by atoms with E-state index in [-0.39, 0.29) is 11.4 Å². The summed E-state index contributed by atoms with van der Waals surface area (Å²) in [5, 5.41) is 10.6. The van der Waals surface area contributed by atoms with E-state index in [2.05, 4.69) is 5.32 Å². The number of hydrogen-bond donors (Lipinski definition) is 2. The molecule has 0 aromatic heterocycles. The lowest BCUT2D eigenvalue weighted by atomic mass is 10.1. The molecule has 0 bridgehead atoms. The van der Waals surface area contributed by atoms with Gasteiger partial charge in [-0.3, -0.25) is 4.79 Å². The Kier molecular flexibility index (Phi) is 3.95. The van der Waals surface area contributed by atoms with Gasteiger partial charge in [0.25, 0.3) is 0 Å². The highest BCUT2D eigenvalue weighted by molar-refractivity contribution is 5.93. The van der Waals surface area contributed by atoms with Crippen LogP contribution in [0.4, 0.5) is 18.9 Å². The fourth-order valence-electron chi connectivity index (χ4n) is 1.17. The molecule has 1 aromatic rings. The van der Waals surface area contributed by atoms with Gasteiger partial charge in [-0.25, -0.2) is 0 Å². The van der Waals surface area contributed by atoms with Crippen LogP contribution in [0.3, 0.4) is 0 Å². The van der Waals surface area contributed by atoms with Gasteiger partial charge in [-0.15, -0.1) is 0 Å². The minimum Gasteiger partial charge on any atom is -0.495 e. The second-order valence-electron chi connectivity index (χ2n) is 3.12. The van der Waals surface area contributed by atoms with Crippen molar-refractivity contribution in [3.05, 3.63) is 23.8 Å². The normalized spacial score (nSPS) is 11.1. The topological polar surface area (TPSA) is 58.6 Å². The van der Waals surface area contributed by atoms with Gasteiger partial charge in [0.2, 0.25) is 5.91 Å². The summed E-state index contributed by atoms with van der Waals surface area (Å²) >= 11 is 0. The molecule has 0 atom stereocenters. The molecule has 0 spiro atoms. The lowest BCUT2D eigenvalue weighted by molar-refractivity contribution is -0.137. The average Bonchev–Trinajstić information content (AvgIpc) is 2.27. The van der Waals surface area contributed by atoms with Crippen LogP contribution >= 0.6 is 0 Å². The summed E-state index contributed by atoms with van der Waals surface area (Å²) in [7, 11) is 1.26. The first-order valence-corrected chi connectivity index (χ1v) is 4.54. The molecule has 94 valence electrons. The number of aliphatic hydroxyl groups is 1. The molecule has 1 aromatic carbocycles. The second-order valence-corrected chi connectivity index (χ2v) is 3.12. The summed E-state index contributed by atoms with van der Waals surface area (Å²) < 4.78 is 42.1. The van der Waals surface area contributed by atoms with E-state index in [4.69, 9.17) is 9.84 Å². The first-order valence-electron chi connectivity index (χ1n) is 4.54. The number of amides is 1. The summed E-state index contributed by atoms with van der Waals surface area (Å²) in [6.07, 6.45) is -4.51. The number of carbonyl (C=O) groups excluding carboxylic acids is 1. The molecule has 0 aliphatic rings.